The number of nitro benzene ring substituents is 1. The van der Waals surface area contributed by atoms with Crippen molar-refractivity contribution in [2.75, 3.05) is 11.9 Å². The van der Waals surface area contributed by atoms with Crippen molar-refractivity contribution in [1.82, 2.24) is 4.90 Å². The number of hydrogen-bond donors (Lipinski definition) is 1. The van der Waals surface area contributed by atoms with Crippen molar-refractivity contribution >= 4 is 23.2 Å². The standard InChI is InChI=1S/C17H15N3O4/c21-16(18-14-6-3-7-15(10-14)20(23)24)17(22)19-9-8-12-4-1-2-5-13(12)11-19/h1-7,10H,8-9,11H2,(H,18,21). The van der Waals surface area contributed by atoms with Gasteiger partial charge in [-0.15, -0.1) is 0 Å². The van der Waals surface area contributed by atoms with Gasteiger partial charge >= 0.3 is 11.8 Å². The summed E-state index contributed by atoms with van der Waals surface area (Å²) in [6.07, 6.45) is 0.700. The highest BCUT2D eigenvalue weighted by Gasteiger charge is 2.25. The summed E-state index contributed by atoms with van der Waals surface area (Å²) in [7, 11) is 0. The van der Waals surface area contributed by atoms with Gasteiger partial charge in [0.15, 0.2) is 0 Å². The molecule has 122 valence electrons. The second-order valence-electron chi connectivity index (χ2n) is 5.51. The highest BCUT2D eigenvalue weighted by atomic mass is 16.6. The zero-order valence-corrected chi connectivity index (χ0v) is 12.8. The van der Waals surface area contributed by atoms with Crippen molar-refractivity contribution in [3.05, 3.63) is 69.8 Å². The fourth-order valence-corrected chi connectivity index (χ4v) is 2.69. The number of anilines is 1. The first-order valence-electron chi connectivity index (χ1n) is 7.46. The van der Waals surface area contributed by atoms with Crippen molar-refractivity contribution in [1.29, 1.82) is 0 Å². The van der Waals surface area contributed by atoms with Crippen LogP contribution < -0.4 is 5.32 Å². The summed E-state index contributed by atoms with van der Waals surface area (Å²) in [5, 5.41) is 13.2. The summed E-state index contributed by atoms with van der Waals surface area (Å²) in [6, 6.07) is 13.3. The van der Waals surface area contributed by atoms with Crippen LogP contribution in [0.25, 0.3) is 0 Å². The summed E-state index contributed by atoms with van der Waals surface area (Å²) < 4.78 is 0. The summed E-state index contributed by atoms with van der Waals surface area (Å²) in [4.78, 5) is 36.1. The Morgan fingerprint density at radius 1 is 1.08 bits per heavy atom. The molecule has 0 saturated heterocycles. The van der Waals surface area contributed by atoms with Gasteiger partial charge in [0.25, 0.3) is 5.69 Å². The van der Waals surface area contributed by atoms with Crippen LogP contribution in [0.4, 0.5) is 11.4 Å². The number of nitrogens with zero attached hydrogens (tertiary/aromatic N) is 2. The number of amides is 2. The predicted molar refractivity (Wildman–Crippen MR) is 87.3 cm³/mol. The molecule has 0 saturated carbocycles. The number of nitrogens with one attached hydrogen (secondary N) is 1. The van der Waals surface area contributed by atoms with Crippen molar-refractivity contribution in [2.45, 2.75) is 13.0 Å². The molecular formula is C17H15N3O4. The molecule has 7 heteroatoms. The molecule has 2 aromatic carbocycles. The Hall–Kier alpha value is -3.22. The summed E-state index contributed by atoms with van der Waals surface area (Å²) >= 11 is 0. The molecule has 1 heterocycles. The van der Waals surface area contributed by atoms with Crippen molar-refractivity contribution < 1.29 is 14.5 Å². The van der Waals surface area contributed by atoms with Gasteiger partial charge in [-0.25, -0.2) is 0 Å². The Morgan fingerprint density at radius 3 is 2.58 bits per heavy atom. The van der Waals surface area contributed by atoms with Gasteiger partial charge in [0.2, 0.25) is 0 Å². The van der Waals surface area contributed by atoms with Crippen LogP contribution >= 0.6 is 0 Å². The van der Waals surface area contributed by atoms with Crippen LogP contribution in [0.3, 0.4) is 0 Å². The van der Waals surface area contributed by atoms with E-state index in [4.69, 9.17) is 0 Å². The zero-order valence-electron chi connectivity index (χ0n) is 12.8. The summed E-state index contributed by atoms with van der Waals surface area (Å²) in [5.41, 5.74) is 2.29. The van der Waals surface area contributed by atoms with Gasteiger partial charge < -0.3 is 10.2 Å². The molecule has 0 bridgehead atoms. The second kappa shape index (κ2) is 6.49. The largest absolute Gasteiger partial charge is 0.330 e. The van der Waals surface area contributed by atoms with E-state index < -0.39 is 16.7 Å². The Kier molecular flexibility index (Phi) is 4.24. The molecule has 1 aliphatic rings. The number of benzene rings is 2. The number of hydrogen-bond acceptors (Lipinski definition) is 4. The normalized spacial score (nSPS) is 13.1. The van der Waals surface area contributed by atoms with Gasteiger partial charge in [-0.3, -0.25) is 19.7 Å². The van der Waals surface area contributed by atoms with Crippen LogP contribution in [-0.2, 0) is 22.6 Å². The lowest BCUT2D eigenvalue weighted by Crippen LogP contribution is -2.42. The number of fused-ring (bicyclic) bond motifs is 1. The lowest BCUT2D eigenvalue weighted by atomic mass is 10.00. The van der Waals surface area contributed by atoms with E-state index in [0.29, 0.717) is 19.5 Å². The van der Waals surface area contributed by atoms with E-state index in [1.165, 1.54) is 34.7 Å². The van der Waals surface area contributed by atoms with Gasteiger partial charge in [0, 0.05) is 30.9 Å². The maximum Gasteiger partial charge on any atom is 0.313 e. The molecular weight excluding hydrogens is 310 g/mol. The van der Waals surface area contributed by atoms with Gasteiger partial charge in [0.05, 0.1) is 4.92 Å². The molecule has 3 rings (SSSR count). The average Bonchev–Trinajstić information content (AvgIpc) is 2.60. The molecule has 2 aromatic rings. The molecule has 0 fully saturated rings. The molecule has 0 aliphatic carbocycles. The molecule has 2 amide bonds. The van der Waals surface area contributed by atoms with Crippen molar-refractivity contribution in [3.8, 4) is 0 Å². The van der Waals surface area contributed by atoms with E-state index in [0.717, 1.165) is 5.56 Å². The number of non-ortho nitro benzene ring substituents is 1. The van der Waals surface area contributed by atoms with E-state index in [1.54, 1.807) is 0 Å². The number of carbonyl (C=O) groups excluding carboxylic acids is 2. The van der Waals surface area contributed by atoms with E-state index in [2.05, 4.69) is 5.32 Å². The quantitative estimate of drug-likeness (QED) is 0.520. The maximum absolute atomic E-state index is 12.3. The van der Waals surface area contributed by atoms with E-state index in [-0.39, 0.29) is 11.4 Å². The van der Waals surface area contributed by atoms with Crippen LogP contribution in [0.15, 0.2) is 48.5 Å². The minimum atomic E-state index is -0.796. The smallest absolute Gasteiger partial charge is 0.313 e. The van der Waals surface area contributed by atoms with Crippen LogP contribution in [0.2, 0.25) is 0 Å². The Balaban J connectivity index is 1.69. The molecule has 1 N–H and O–H groups in total. The average molecular weight is 325 g/mol. The van der Waals surface area contributed by atoms with Crippen molar-refractivity contribution in [3.63, 3.8) is 0 Å². The lowest BCUT2D eigenvalue weighted by molar-refractivity contribution is -0.384. The van der Waals surface area contributed by atoms with Crippen LogP contribution in [0.5, 0.6) is 0 Å². The third-order valence-electron chi connectivity index (χ3n) is 3.93. The number of rotatable bonds is 2. The Bertz CT molecular complexity index is 819. The molecule has 1 aliphatic heterocycles. The SMILES string of the molecule is O=C(Nc1cccc([N+](=O)[O-])c1)C(=O)N1CCc2ccccc2C1. The zero-order chi connectivity index (χ0) is 17.1. The second-order valence-corrected chi connectivity index (χ2v) is 5.51. The van der Waals surface area contributed by atoms with Crippen LogP contribution in [-0.4, -0.2) is 28.2 Å². The minimum Gasteiger partial charge on any atom is -0.330 e. The fourth-order valence-electron chi connectivity index (χ4n) is 2.69. The van der Waals surface area contributed by atoms with Crippen LogP contribution in [0.1, 0.15) is 11.1 Å². The van der Waals surface area contributed by atoms with Crippen molar-refractivity contribution in [2.24, 2.45) is 0 Å². The third-order valence-corrected chi connectivity index (χ3v) is 3.93. The summed E-state index contributed by atoms with van der Waals surface area (Å²) in [5.74, 6) is -1.44. The molecule has 0 radical (unpaired) electrons. The lowest BCUT2D eigenvalue weighted by Gasteiger charge is -2.28. The first-order valence-corrected chi connectivity index (χ1v) is 7.46. The third kappa shape index (κ3) is 3.24. The van der Waals surface area contributed by atoms with E-state index in [1.807, 2.05) is 24.3 Å². The number of nitro groups is 1. The summed E-state index contributed by atoms with van der Waals surface area (Å²) in [6.45, 7) is 0.857. The highest BCUT2D eigenvalue weighted by Crippen LogP contribution is 2.20. The topological polar surface area (TPSA) is 92.5 Å². The first-order chi connectivity index (χ1) is 11.5. The predicted octanol–water partition coefficient (Wildman–Crippen LogP) is 2.12. The molecule has 0 aromatic heterocycles. The van der Waals surface area contributed by atoms with Gasteiger partial charge in [-0.05, 0) is 23.6 Å². The van der Waals surface area contributed by atoms with E-state index >= 15 is 0 Å². The fraction of sp³-hybridized carbons (Fsp3) is 0.176. The van der Waals surface area contributed by atoms with Crippen LogP contribution in [0, 0.1) is 10.1 Å². The molecule has 0 unspecified atom stereocenters. The van der Waals surface area contributed by atoms with Gasteiger partial charge in [0.1, 0.15) is 0 Å². The molecule has 0 spiro atoms. The number of carbonyl (C=O) groups is 2. The Labute approximate surface area is 138 Å². The molecule has 0 atom stereocenters. The monoisotopic (exact) mass is 325 g/mol. The first kappa shape index (κ1) is 15.7. The Morgan fingerprint density at radius 2 is 1.83 bits per heavy atom. The minimum absolute atomic E-state index is 0.146. The maximum atomic E-state index is 12.3. The van der Waals surface area contributed by atoms with E-state index in [9.17, 15) is 19.7 Å². The highest BCUT2D eigenvalue weighted by molar-refractivity contribution is 6.39. The molecule has 24 heavy (non-hydrogen) atoms. The van der Waals surface area contributed by atoms with Gasteiger partial charge in [-0.2, -0.15) is 0 Å². The molecule has 7 nitrogen and oxygen atoms in total. The van der Waals surface area contributed by atoms with Gasteiger partial charge in [-0.1, -0.05) is 30.3 Å².